The van der Waals surface area contributed by atoms with Gasteiger partial charge in [0.05, 0.1) is 0 Å². The molecule has 0 aromatic carbocycles. The van der Waals surface area contributed by atoms with Crippen LogP contribution in [0, 0.1) is 6.92 Å². The molecule has 2 aliphatic heterocycles. The van der Waals surface area contributed by atoms with Crippen molar-refractivity contribution in [2.75, 3.05) is 32.7 Å². The van der Waals surface area contributed by atoms with E-state index < -0.39 is 5.54 Å². The number of piperidine rings is 1. The Labute approximate surface area is 196 Å². The van der Waals surface area contributed by atoms with E-state index in [9.17, 15) is 9.59 Å². The zero-order chi connectivity index (χ0) is 23.4. The van der Waals surface area contributed by atoms with Gasteiger partial charge in [0, 0.05) is 44.5 Å². The summed E-state index contributed by atoms with van der Waals surface area (Å²) in [4.78, 5) is 36.5. The van der Waals surface area contributed by atoms with Crippen molar-refractivity contribution >= 4 is 11.9 Å². The number of carbonyl (C=O) groups is 2. The second-order valence-electron chi connectivity index (χ2n) is 9.46. The highest BCUT2D eigenvalue weighted by Crippen LogP contribution is 2.37. The van der Waals surface area contributed by atoms with Crippen molar-refractivity contribution in [1.29, 1.82) is 0 Å². The summed E-state index contributed by atoms with van der Waals surface area (Å²) in [5.74, 6) is 2.36. The number of imide groups is 1. The summed E-state index contributed by atoms with van der Waals surface area (Å²) in [6, 6.07) is 7.91. The molecule has 4 rings (SSSR count). The lowest BCUT2D eigenvalue weighted by atomic mass is 9.85. The van der Waals surface area contributed by atoms with Crippen molar-refractivity contribution in [2.24, 2.45) is 0 Å². The number of rotatable bonds is 9. The van der Waals surface area contributed by atoms with Gasteiger partial charge in [0.25, 0.3) is 5.91 Å². The third kappa shape index (κ3) is 4.83. The largest absolute Gasteiger partial charge is 0.466 e. The number of likely N-dealkylation sites (N-methyl/N-ethyl adjacent to an activating group) is 1. The molecule has 2 fully saturated rings. The second kappa shape index (κ2) is 10.1. The number of likely N-dealkylation sites (tertiary alicyclic amines) is 1. The lowest BCUT2D eigenvalue weighted by molar-refractivity contribution is -0.135. The Morgan fingerprint density at radius 1 is 1.15 bits per heavy atom. The maximum absolute atomic E-state index is 13.5. The van der Waals surface area contributed by atoms with E-state index >= 15 is 0 Å². The summed E-state index contributed by atoms with van der Waals surface area (Å²) >= 11 is 0. The molecule has 4 heterocycles. The molecule has 7 nitrogen and oxygen atoms in total. The number of hydrogen-bond acceptors (Lipinski definition) is 5. The molecule has 0 N–H and O–H groups in total. The summed E-state index contributed by atoms with van der Waals surface area (Å²) in [5.41, 5.74) is 0.464. The van der Waals surface area contributed by atoms with E-state index in [0.717, 1.165) is 56.0 Å². The van der Waals surface area contributed by atoms with Gasteiger partial charge in [0.1, 0.15) is 17.1 Å². The zero-order valence-electron chi connectivity index (χ0n) is 20.1. The minimum Gasteiger partial charge on any atom is -0.466 e. The van der Waals surface area contributed by atoms with Gasteiger partial charge in [0.2, 0.25) is 0 Å². The molecule has 0 radical (unpaired) electrons. The third-order valence-corrected chi connectivity index (χ3v) is 7.32. The van der Waals surface area contributed by atoms with E-state index in [4.69, 9.17) is 4.42 Å². The Bertz CT molecular complexity index is 949. The monoisotopic (exact) mass is 452 g/mol. The van der Waals surface area contributed by atoms with Crippen molar-refractivity contribution < 1.29 is 14.0 Å². The zero-order valence-corrected chi connectivity index (χ0v) is 20.1. The van der Waals surface area contributed by atoms with Gasteiger partial charge < -0.3 is 14.2 Å². The number of aryl methyl sites for hydroxylation is 2. The van der Waals surface area contributed by atoms with Crippen LogP contribution < -0.4 is 0 Å². The fraction of sp³-hybridized carbons (Fsp3) is 0.577. The molecule has 0 aliphatic carbocycles. The third-order valence-electron chi connectivity index (χ3n) is 7.32. The lowest BCUT2D eigenvalue weighted by Crippen LogP contribution is -2.56. The second-order valence-corrected chi connectivity index (χ2v) is 9.46. The molecule has 1 spiro atoms. The van der Waals surface area contributed by atoms with Crippen LogP contribution in [0.1, 0.15) is 62.5 Å². The highest BCUT2D eigenvalue weighted by molar-refractivity contribution is 6.07. The molecule has 2 aliphatic rings. The van der Waals surface area contributed by atoms with Gasteiger partial charge in [-0.1, -0.05) is 13.0 Å². The van der Waals surface area contributed by atoms with E-state index in [1.807, 2.05) is 43.1 Å². The minimum atomic E-state index is -0.666. The Kier molecular flexibility index (Phi) is 7.17. The van der Waals surface area contributed by atoms with E-state index in [0.29, 0.717) is 31.8 Å². The molecule has 2 saturated heterocycles. The normalized spacial score (nSPS) is 19.6. The first-order chi connectivity index (χ1) is 15.9. The molecule has 178 valence electrons. The van der Waals surface area contributed by atoms with Gasteiger partial charge in [-0.2, -0.15) is 0 Å². The van der Waals surface area contributed by atoms with Crippen LogP contribution in [-0.2, 0) is 11.2 Å². The molecule has 0 bridgehead atoms. The van der Waals surface area contributed by atoms with Crippen LogP contribution in [0.3, 0.4) is 0 Å². The van der Waals surface area contributed by atoms with Gasteiger partial charge in [-0.15, -0.1) is 0 Å². The van der Waals surface area contributed by atoms with Gasteiger partial charge in [-0.05, 0) is 76.3 Å². The smallest absolute Gasteiger partial charge is 0.327 e. The van der Waals surface area contributed by atoms with Gasteiger partial charge in [-0.3, -0.25) is 14.7 Å². The first-order valence-corrected chi connectivity index (χ1v) is 12.3. The molecule has 7 heteroatoms. The Morgan fingerprint density at radius 2 is 1.94 bits per heavy atom. The maximum atomic E-state index is 13.5. The van der Waals surface area contributed by atoms with Gasteiger partial charge >= 0.3 is 6.03 Å². The van der Waals surface area contributed by atoms with Crippen LogP contribution in [0.25, 0.3) is 0 Å². The molecule has 1 atom stereocenters. The maximum Gasteiger partial charge on any atom is 0.327 e. The molecule has 1 unspecified atom stereocenters. The first-order valence-electron chi connectivity index (χ1n) is 12.3. The van der Waals surface area contributed by atoms with Crippen LogP contribution >= 0.6 is 0 Å². The number of urea groups is 1. The highest BCUT2D eigenvalue weighted by Gasteiger charge is 2.57. The van der Waals surface area contributed by atoms with E-state index in [1.54, 1.807) is 6.20 Å². The predicted molar refractivity (Wildman–Crippen MR) is 127 cm³/mol. The summed E-state index contributed by atoms with van der Waals surface area (Å²) in [7, 11) is 0. The summed E-state index contributed by atoms with van der Waals surface area (Å²) in [5, 5.41) is 0. The fourth-order valence-electron chi connectivity index (χ4n) is 5.27. The Balaban J connectivity index is 1.32. The van der Waals surface area contributed by atoms with Crippen molar-refractivity contribution in [2.45, 2.75) is 64.3 Å². The molecule has 33 heavy (non-hydrogen) atoms. The lowest BCUT2D eigenvalue weighted by Gasteiger charge is -2.42. The van der Waals surface area contributed by atoms with Crippen molar-refractivity contribution in [3.8, 4) is 0 Å². The Morgan fingerprint density at radius 3 is 2.58 bits per heavy atom. The van der Waals surface area contributed by atoms with Crippen LogP contribution in [0.2, 0.25) is 0 Å². The van der Waals surface area contributed by atoms with Crippen LogP contribution in [-0.4, -0.2) is 69.9 Å². The number of pyridine rings is 1. The number of hydrogen-bond donors (Lipinski definition) is 0. The number of amides is 3. The van der Waals surface area contributed by atoms with Crippen LogP contribution in [0.15, 0.2) is 41.1 Å². The molecule has 0 saturated carbocycles. The average Bonchev–Trinajstić information content (AvgIpc) is 3.34. The van der Waals surface area contributed by atoms with Crippen molar-refractivity contribution in [1.82, 2.24) is 19.7 Å². The standard InChI is InChI=1S/C26H36N4O3/c1-4-30-25(32)29(15-6-8-22-7-5-14-27-19-22)24(31)26(30)12-17-28(18-13-26)16-11-20(2)23-10-9-21(3)33-23/h5,7,9-10,14,19-20H,4,6,8,11-13,15-18H2,1-3H3. The van der Waals surface area contributed by atoms with Crippen molar-refractivity contribution in [3.63, 3.8) is 0 Å². The summed E-state index contributed by atoms with van der Waals surface area (Å²) < 4.78 is 5.77. The molecule has 3 amide bonds. The van der Waals surface area contributed by atoms with Gasteiger partial charge in [0.15, 0.2) is 0 Å². The first kappa shape index (κ1) is 23.5. The fourth-order valence-corrected chi connectivity index (χ4v) is 5.27. The van der Waals surface area contributed by atoms with Gasteiger partial charge in [-0.25, -0.2) is 4.79 Å². The molecule has 2 aromatic heterocycles. The number of furan rings is 1. The summed E-state index contributed by atoms with van der Waals surface area (Å²) in [6.45, 7) is 9.83. The summed E-state index contributed by atoms with van der Waals surface area (Å²) in [6.07, 6.45) is 7.60. The quantitative estimate of drug-likeness (QED) is 0.533. The van der Waals surface area contributed by atoms with Crippen LogP contribution in [0.5, 0.6) is 0 Å². The highest BCUT2D eigenvalue weighted by atomic mass is 16.3. The molecular weight excluding hydrogens is 416 g/mol. The molecular formula is C26H36N4O3. The predicted octanol–water partition coefficient (Wildman–Crippen LogP) is 4.23. The SMILES string of the molecule is CCN1C(=O)N(CCCc2cccnc2)C(=O)C12CCN(CCC(C)c1ccc(C)o1)CC2. The van der Waals surface area contributed by atoms with Crippen molar-refractivity contribution in [3.05, 3.63) is 53.7 Å². The number of nitrogens with zero attached hydrogens (tertiary/aromatic N) is 4. The minimum absolute atomic E-state index is 0.000356. The molecule has 2 aromatic rings. The van der Waals surface area contributed by atoms with Crippen LogP contribution in [0.4, 0.5) is 4.79 Å². The number of carbonyl (C=O) groups excluding carboxylic acids is 2. The van der Waals surface area contributed by atoms with E-state index in [1.165, 1.54) is 4.90 Å². The Hall–Kier alpha value is -2.67. The number of aromatic nitrogens is 1. The average molecular weight is 453 g/mol. The van der Waals surface area contributed by atoms with E-state index in [-0.39, 0.29) is 11.9 Å². The van der Waals surface area contributed by atoms with E-state index in [2.05, 4.69) is 22.9 Å². The topological polar surface area (TPSA) is 69.9 Å².